The SMILES string of the molecule is C=C/C=C(\C=C)Oc1nccc(N2C(=O)CNC2=O)n1. The number of nitrogens with zero attached hydrogens (tertiary/aromatic N) is 3. The van der Waals surface area contributed by atoms with Crippen LogP contribution in [0.2, 0.25) is 0 Å². The van der Waals surface area contributed by atoms with E-state index < -0.39 is 6.03 Å². The van der Waals surface area contributed by atoms with Gasteiger partial charge in [-0.3, -0.25) is 4.79 Å². The summed E-state index contributed by atoms with van der Waals surface area (Å²) in [6.07, 6.45) is 5.96. The van der Waals surface area contributed by atoms with Crippen molar-refractivity contribution in [3.63, 3.8) is 0 Å². The van der Waals surface area contributed by atoms with Crippen molar-refractivity contribution in [2.75, 3.05) is 11.4 Å². The van der Waals surface area contributed by atoms with Crippen molar-refractivity contribution < 1.29 is 14.3 Å². The van der Waals surface area contributed by atoms with Crippen LogP contribution in [0.15, 0.2) is 49.4 Å². The molecule has 1 aromatic heterocycles. The lowest BCUT2D eigenvalue weighted by atomic mass is 10.4. The van der Waals surface area contributed by atoms with Crippen molar-refractivity contribution in [2.24, 2.45) is 0 Å². The highest BCUT2D eigenvalue weighted by Crippen LogP contribution is 2.17. The van der Waals surface area contributed by atoms with Gasteiger partial charge in [-0.15, -0.1) is 0 Å². The molecule has 1 N–H and O–H groups in total. The third-order valence-electron chi connectivity index (χ3n) is 2.38. The van der Waals surface area contributed by atoms with Gasteiger partial charge in [0.05, 0.1) is 6.54 Å². The molecule has 0 radical (unpaired) electrons. The van der Waals surface area contributed by atoms with Crippen LogP contribution < -0.4 is 15.0 Å². The van der Waals surface area contributed by atoms with Crippen molar-refractivity contribution in [1.29, 1.82) is 0 Å². The standard InChI is InChI=1S/C13H12N4O3/c1-3-5-9(4-2)20-12-14-7-6-10(16-12)17-11(18)8-15-13(17)19/h3-7H,1-2,8H2,(H,15,19)/b9-5+. The first kappa shape index (κ1) is 13.5. The lowest BCUT2D eigenvalue weighted by Gasteiger charge is -2.11. The molecule has 0 aromatic carbocycles. The number of allylic oxidation sites excluding steroid dienone is 3. The molecular weight excluding hydrogens is 260 g/mol. The van der Waals surface area contributed by atoms with Crippen LogP contribution >= 0.6 is 0 Å². The molecule has 0 bridgehead atoms. The Morgan fingerprint density at radius 3 is 2.85 bits per heavy atom. The van der Waals surface area contributed by atoms with E-state index in [0.29, 0.717) is 5.76 Å². The smallest absolute Gasteiger partial charge is 0.330 e. The van der Waals surface area contributed by atoms with Crippen molar-refractivity contribution >= 4 is 17.8 Å². The number of urea groups is 1. The molecule has 2 heterocycles. The fourth-order valence-electron chi connectivity index (χ4n) is 1.53. The monoisotopic (exact) mass is 272 g/mol. The Labute approximate surface area is 115 Å². The molecule has 20 heavy (non-hydrogen) atoms. The van der Waals surface area contributed by atoms with E-state index in [4.69, 9.17) is 4.74 Å². The van der Waals surface area contributed by atoms with Crippen molar-refractivity contribution in [2.45, 2.75) is 0 Å². The third-order valence-corrected chi connectivity index (χ3v) is 2.38. The number of ether oxygens (including phenoxy) is 1. The number of amides is 3. The fourth-order valence-corrected chi connectivity index (χ4v) is 1.53. The van der Waals surface area contributed by atoms with E-state index in [9.17, 15) is 9.59 Å². The van der Waals surface area contributed by atoms with E-state index in [-0.39, 0.29) is 24.3 Å². The van der Waals surface area contributed by atoms with Crippen molar-refractivity contribution in [3.8, 4) is 6.01 Å². The van der Waals surface area contributed by atoms with E-state index in [1.54, 1.807) is 6.08 Å². The summed E-state index contributed by atoms with van der Waals surface area (Å²) in [7, 11) is 0. The highest BCUT2D eigenvalue weighted by atomic mass is 16.5. The highest BCUT2D eigenvalue weighted by molar-refractivity contribution is 6.19. The average Bonchev–Trinajstić information content (AvgIpc) is 2.78. The predicted octanol–water partition coefficient (Wildman–Crippen LogP) is 1.17. The summed E-state index contributed by atoms with van der Waals surface area (Å²) in [5, 5.41) is 2.40. The number of imide groups is 1. The average molecular weight is 272 g/mol. The van der Waals surface area contributed by atoms with Gasteiger partial charge in [0.2, 0.25) is 0 Å². The van der Waals surface area contributed by atoms with Gasteiger partial charge in [-0.1, -0.05) is 19.2 Å². The molecule has 0 saturated carbocycles. The molecule has 1 aliphatic rings. The lowest BCUT2D eigenvalue weighted by Crippen LogP contribution is -2.31. The summed E-state index contributed by atoms with van der Waals surface area (Å²) >= 11 is 0. The number of nitrogens with one attached hydrogen (secondary N) is 1. The topological polar surface area (TPSA) is 84.4 Å². The summed E-state index contributed by atoms with van der Waals surface area (Å²) in [5.74, 6) is 0.164. The zero-order valence-electron chi connectivity index (χ0n) is 10.6. The zero-order valence-corrected chi connectivity index (χ0v) is 10.6. The van der Waals surface area contributed by atoms with Gasteiger partial charge < -0.3 is 10.1 Å². The number of aromatic nitrogens is 2. The second kappa shape index (κ2) is 5.79. The van der Waals surface area contributed by atoms with Crippen LogP contribution in [0, 0.1) is 0 Å². The Bertz CT molecular complexity index is 593. The second-order valence-corrected chi connectivity index (χ2v) is 3.70. The van der Waals surface area contributed by atoms with Crippen LogP contribution in [-0.2, 0) is 4.79 Å². The Hall–Kier alpha value is -2.96. The van der Waals surface area contributed by atoms with Gasteiger partial charge in [0.1, 0.15) is 5.76 Å². The summed E-state index contributed by atoms with van der Waals surface area (Å²) in [6, 6.07) is 0.925. The second-order valence-electron chi connectivity index (χ2n) is 3.70. The van der Waals surface area contributed by atoms with Gasteiger partial charge in [0, 0.05) is 12.3 Å². The minimum Gasteiger partial charge on any atom is -0.424 e. The highest BCUT2D eigenvalue weighted by Gasteiger charge is 2.31. The largest absolute Gasteiger partial charge is 0.424 e. The van der Waals surface area contributed by atoms with Crippen molar-refractivity contribution in [3.05, 3.63) is 49.4 Å². The molecule has 1 aliphatic heterocycles. The molecule has 0 spiro atoms. The molecule has 1 aromatic rings. The van der Waals surface area contributed by atoms with Crippen LogP contribution in [0.25, 0.3) is 0 Å². The fraction of sp³-hybridized carbons (Fsp3) is 0.0769. The molecule has 1 fully saturated rings. The van der Waals surface area contributed by atoms with Gasteiger partial charge in [0.25, 0.3) is 5.91 Å². The van der Waals surface area contributed by atoms with Crippen molar-refractivity contribution in [1.82, 2.24) is 15.3 Å². The lowest BCUT2D eigenvalue weighted by molar-refractivity contribution is -0.115. The molecule has 7 heteroatoms. The Balaban J connectivity index is 2.26. The first-order valence-electron chi connectivity index (χ1n) is 5.72. The van der Waals surface area contributed by atoms with E-state index in [1.165, 1.54) is 24.4 Å². The number of hydrogen-bond donors (Lipinski definition) is 1. The van der Waals surface area contributed by atoms with Crippen LogP contribution in [0.3, 0.4) is 0 Å². The predicted molar refractivity (Wildman–Crippen MR) is 72.0 cm³/mol. The molecule has 0 aliphatic carbocycles. The van der Waals surface area contributed by atoms with Crippen LogP contribution in [0.5, 0.6) is 6.01 Å². The van der Waals surface area contributed by atoms with Gasteiger partial charge in [0.15, 0.2) is 5.82 Å². The third kappa shape index (κ3) is 2.72. The minimum absolute atomic E-state index is 0.00278. The van der Waals surface area contributed by atoms with Gasteiger partial charge in [-0.05, 0) is 12.2 Å². The minimum atomic E-state index is -0.523. The van der Waals surface area contributed by atoms with E-state index in [2.05, 4.69) is 28.4 Å². The molecule has 0 atom stereocenters. The Morgan fingerprint density at radius 2 is 2.25 bits per heavy atom. The summed E-state index contributed by atoms with van der Waals surface area (Å²) < 4.78 is 5.35. The summed E-state index contributed by atoms with van der Waals surface area (Å²) in [5.41, 5.74) is 0. The number of hydrogen-bond acceptors (Lipinski definition) is 5. The maximum Gasteiger partial charge on any atom is 0.330 e. The molecule has 7 nitrogen and oxygen atoms in total. The van der Waals surface area contributed by atoms with Gasteiger partial charge >= 0.3 is 12.0 Å². The van der Waals surface area contributed by atoms with E-state index >= 15 is 0 Å². The summed E-state index contributed by atoms with van der Waals surface area (Å²) in [4.78, 5) is 32.0. The van der Waals surface area contributed by atoms with Crippen LogP contribution in [-0.4, -0.2) is 28.5 Å². The number of rotatable bonds is 5. The maximum atomic E-state index is 11.6. The molecule has 102 valence electrons. The maximum absolute atomic E-state index is 11.6. The molecule has 0 unspecified atom stereocenters. The molecular formula is C13H12N4O3. The number of carbonyl (C=O) groups excluding carboxylic acids is 2. The molecule has 2 rings (SSSR count). The Morgan fingerprint density at radius 1 is 1.45 bits per heavy atom. The number of anilines is 1. The van der Waals surface area contributed by atoms with Gasteiger partial charge in [-0.25, -0.2) is 14.7 Å². The first-order chi connectivity index (χ1) is 9.65. The number of carbonyl (C=O) groups is 2. The normalized spacial score (nSPS) is 15.0. The molecule has 3 amide bonds. The first-order valence-corrected chi connectivity index (χ1v) is 5.72. The van der Waals surface area contributed by atoms with Crippen LogP contribution in [0.1, 0.15) is 0 Å². The Kier molecular flexibility index (Phi) is 3.90. The molecule has 1 saturated heterocycles. The van der Waals surface area contributed by atoms with E-state index in [1.807, 2.05) is 0 Å². The van der Waals surface area contributed by atoms with Gasteiger partial charge in [-0.2, -0.15) is 4.98 Å². The zero-order chi connectivity index (χ0) is 14.5. The van der Waals surface area contributed by atoms with Crippen LogP contribution in [0.4, 0.5) is 10.6 Å². The van der Waals surface area contributed by atoms with E-state index in [0.717, 1.165) is 4.90 Å². The summed E-state index contributed by atoms with van der Waals surface area (Å²) in [6.45, 7) is 7.07. The quantitative estimate of drug-likeness (QED) is 0.494.